The summed E-state index contributed by atoms with van der Waals surface area (Å²) in [5.74, 6) is -0.625. The Morgan fingerprint density at radius 1 is 1.17 bits per heavy atom. The molecule has 0 unspecified atom stereocenters. The molecule has 2 amide bonds. The van der Waals surface area contributed by atoms with Gasteiger partial charge in [0.05, 0.1) is 23.1 Å². The van der Waals surface area contributed by atoms with Crippen molar-refractivity contribution in [1.29, 1.82) is 0 Å². The zero-order valence-corrected chi connectivity index (χ0v) is 16.6. The monoisotopic (exact) mass is 394 g/mol. The molecule has 0 aliphatic rings. The number of amides is 2. The SMILES string of the molecule is CCc1c(C(=O)Nc2cccc(CN(C)C(C)=O)c2)cnn1-c1ccc(F)cc1. The molecule has 7 heteroatoms. The van der Waals surface area contributed by atoms with E-state index in [0.717, 1.165) is 11.3 Å². The van der Waals surface area contributed by atoms with Crippen molar-refractivity contribution >= 4 is 17.5 Å². The van der Waals surface area contributed by atoms with Gasteiger partial charge in [-0.1, -0.05) is 19.1 Å². The molecule has 3 rings (SSSR count). The zero-order chi connectivity index (χ0) is 21.0. The minimum Gasteiger partial charge on any atom is -0.342 e. The highest BCUT2D eigenvalue weighted by molar-refractivity contribution is 6.05. The maximum Gasteiger partial charge on any atom is 0.259 e. The van der Waals surface area contributed by atoms with E-state index in [2.05, 4.69) is 10.4 Å². The molecule has 0 saturated carbocycles. The molecule has 0 saturated heterocycles. The lowest BCUT2D eigenvalue weighted by Crippen LogP contribution is -2.23. The molecule has 1 aromatic heterocycles. The fraction of sp³-hybridized carbons (Fsp3) is 0.227. The number of carbonyl (C=O) groups excluding carboxylic acids is 2. The first-order valence-electron chi connectivity index (χ1n) is 9.34. The van der Waals surface area contributed by atoms with Gasteiger partial charge in [0.15, 0.2) is 0 Å². The number of carbonyl (C=O) groups is 2. The zero-order valence-electron chi connectivity index (χ0n) is 16.6. The van der Waals surface area contributed by atoms with Crippen LogP contribution in [0.5, 0.6) is 0 Å². The topological polar surface area (TPSA) is 67.2 Å². The van der Waals surface area contributed by atoms with Gasteiger partial charge in [-0.2, -0.15) is 5.10 Å². The van der Waals surface area contributed by atoms with E-state index >= 15 is 0 Å². The predicted octanol–water partition coefficient (Wildman–Crippen LogP) is 3.80. The van der Waals surface area contributed by atoms with Crippen molar-refractivity contribution < 1.29 is 14.0 Å². The maximum atomic E-state index is 13.2. The van der Waals surface area contributed by atoms with Crippen molar-refractivity contribution in [3.05, 3.63) is 77.4 Å². The van der Waals surface area contributed by atoms with Crippen molar-refractivity contribution in [3.63, 3.8) is 0 Å². The van der Waals surface area contributed by atoms with Gasteiger partial charge < -0.3 is 10.2 Å². The number of hydrogen-bond acceptors (Lipinski definition) is 3. The number of hydrogen-bond donors (Lipinski definition) is 1. The molecule has 2 aromatic carbocycles. The Bertz CT molecular complexity index is 1030. The lowest BCUT2D eigenvalue weighted by Gasteiger charge is -2.15. The van der Waals surface area contributed by atoms with Crippen LogP contribution in [0, 0.1) is 5.82 Å². The highest BCUT2D eigenvalue weighted by Crippen LogP contribution is 2.19. The summed E-state index contributed by atoms with van der Waals surface area (Å²) in [6.45, 7) is 3.91. The van der Waals surface area contributed by atoms with E-state index in [1.165, 1.54) is 25.3 Å². The summed E-state index contributed by atoms with van der Waals surface area (Å²) in [4.78, 5) is 25.9. The average molecular weight is 394 g/mol. The van der Waals surface area contributed by atoms with E-state index in [-0.39, 0.29) is 17.6 Å². The summed E-state index contributed by atoms with van der Waals surface area (Å²) >= 11 is 0. The van der Waals surface area contributed by atoms with Gasteiger partial charge in [0.25, 0.3) is 5.91 Å². The third kappa shape index (κ3) is 4.68. The third-order valence-corrected chi connectivity index (χ3v) is 4.66. The molecule has 0 aliphatic heterocycles. The summed E-state index contributed by atoms with van der Waals surface area (Å²) < 4.78 is 14.8. The van der Waals surface area contributed by atoms with Crippen molar-refractivity contribution in [2.45, 2.75) is 26.8 Å². The Hall–Kier alpha value is -3.48. The standard InChI is InChI=1S/C22H23FN4O2/c1-4-21-20(13-24-27(21)19-10-8-17(23)9-11-19)22(29)25-18-7-5-6-16(12-18)14-26(3)15(2)28/h5-13H,4,14H2,1-3H3,(H,25,29). The molecule has 1 N–H and O–H groups in total. The van der Waals surface area contributed by atoms with Crippen LogP contribution in [0.2, 0.25) is 0 Å². The summed E-state index contributed by atoms with van der Waals surface area (Å²) in [6.07, 6.45) is 2.11. The van der Waals surface area contributed by atoms with Crippen LogP contribution < -0.4 is 5.32 Å². The van der Waals surface area contributed by atoms with Crippen LogP contribution in [0.1, 0.15) is 35.5 Å². The van der Waals surface area contributed by atoms with Crippen LogP contribution >= 0.6 is 0 Å². The van der Waals surface area contributed by atoms with E-state index < -0.39 is 0 Å². The van der Waals surface area contributed by atoms with Gasteiger partial charge in [0.2, 0.25) is 5.91 Å². The molecule has 0 fully saturated rings. The first kappa shape index (κ1) is 20.3. The predicted molar refractivity (Wildman–Crippen MR) is 109 cm³/mol. The van der Waals surface area contributed by atoms with Crippen LogP contribution in [-0.2, 0) is 17.8 Å². The number of nitrogens with one attached hydrogen (secondary N) is 1. The largest absolute Gasteiger partial charge is 0.342 e. The molecule has 6 nitrogen and oxygen atoms in total. The fourth-order valence-corrected chi connectivity index (χ4v) is 3.04. The first-order valence-corrected chi connectivity index (χ1v) is 9.34. The minimum atomic E-state index is -0.327. The molecule has 0 spiro atoms. The Kier molecular flexibility index (Phi) is 6.07. The number of nitrogens with zero attached hydrogens (tertiary/aromatic N) is 3. The molecule has 0 atom stereocenters. The van der Waals surface area contributed by atoms with Crippen molar-refractivity contribution in [1.82, 2.24) is 14.7 Å². The molecular formula is C22H23FN4O2. The second kappa shape index (κ2) is 8.68. The van der Waals surface area contributed by atoms with Crippen LogP contribution in [0.15, 0.2) is 54.7 Å². The van der Waals surface area contributed by atoms with Gasteiger partial charge in [-0.05, 0) is 48.4 Å². The summed E-state index contributed by atoms with van der Waals surface area (Å²) in [7, 11) is 1.73. The number of rotatable bonds is 6. The van der Waals surface area contributed by atoms with Gasteiger partial charge in [-0.15, -0.1) is 0 Å². The summed E-state index contributed by atoms with van der Waals surface area (Å²) in [5, 5.41) is 7.21. The third-order valence-electron chi connectivity index (χ3n) is 4.66. The molecule has 29 heavy (non-hydrogen) atoms. The van der Waals surface area contributed by atoms with Gasteiger partial charge in [-0.25, -0.2) is 9.07 Å². The maximum absolute atomic E-state index is 13.2. The van der Waals surface area contributed by atoms with E-state index in [1.54, 1.807) is 34.8 Å². The minimum absolute atomic E-state index is 0.0276. The van der Waals surface area contributed by atoms with Gasteiger partial charge in [0.1, 0.15) is 5.82 Å². The number of halogens is 1. The number of benzene rings is 2. The highest BCUT2D eigenvalue weighted by atomic mass is 19.1. The Balaban J connectivity index is 1.81. The van der Waals surface area contributed by atoms with E-state index in [1.807, 2.05) is 25.1 Å². The van der Waals surface area contributed by atoms with Crippen molar-refractivity contribution in [2.75, 3.05) is 12.4 Å². The van der Waals surface area contributed by atoms with Crippen molar-refractivity contribution in [3.8, 4) is 5.69 Å². The Morgan fingerprint density at radius 3 is 2.55 bits per heavy atom. The van der Waals surface area contributed by atoms with Gasteiger partial charge in [0, 0.05) is 26.2 Å². The molecular weight excluding hydrogens is 371 g/mol. The molecule has 150 valence electrons. The Morgan fingerprint density at radius 2 is 1.90 bits per heavy atom. The normalized spacial score (nSPS) is 10.6. The van der Waals surface area contributed by atoms with Gasteiger partial charge in [-0.3, -0.25) is 9.59 Å². The summed E-state index contributed by atoms with van der Waals surface area (Å²) in [6, 6.07) is 13.3. The quantitative estimate of drug-likeness (QED) is 0.691. The molecule has 0 bridgehead atoms. The average Bonchev–Trinajstić information content (AvgIpc) is 3.13. The Labute approximate surface area is 169 Å². The highest BCUT2D eigenvalue weighted by Gasteiger charge is 2.17. The lowest BCUT2D eigenvalue weighted by atomic mass is 10.1. The fourth-order valence-electron chi connectivity index (χ4n) is 3.04. The van der Waals surface area contributed by atoms with Gasteiger partial charge >= 0.3 is 0 Å². The van der Waals surface area contributed by atoms with E-state index in [9.17, 15) is 14.0 Å². The number of aromatic nitrogens is 2. The molecule has 1 heterocycles. The number of anilines is 1. The van der Waals surface area contributed by atoms with Crippen LogP contribution in [0.3, 0.4) is 0 Å². The van der Waals surface area contributed by atoms with E-state index in [4.69, 9.17) is 0 Å². The van der Waals surface area contributed by atoms with Crippen LogP contribution in [0.4, 0.5) is 10.1 Å². The van der Waals surface area contributed by atoms with Crippen LogP contribution in [0.25, 0.3) is 5.69 Å². The second-order valence-electron chi connectivity index (χ2n) is 6.78. The van der Waals surface area contributed by atoms with E-state index in [0.29, 0.717) is 29.9 Å². The summed E-state index contributed by atoms with van der Waals surface area (Å²) in [5.41, 5.74) is 3.44. The second-order valence-corrected chi connectivity index (χ2v) is 6.78. The lowest BCUT2D eigenvalue weighted by molar-refractivity contribution is -0.128. The molecule has 0 radical (unpaired) electrons. The first-order chi connectivity index (χ1) is 13.9. The van der Waals surface area contributed by atoms with Crippen molar-refractivity contribution in [2.24, 2.45) is 0 Å². The van der Waals surface area contributed by atoms with Crippen LogP contribution in [-0.4, -0.2) is 33.5 Å². The molecule has 0 aliphatic carbocycles. The molecule has 3 aromatic rings. The smallest absolute Gasteiger partial charge is 0.259 e.